The van der Waals surface area contributed by atoms with E-state index in [1.165, 1.54) is 6.07 Å². The maximum atomic E-state index is 13.5. The number of rotatable bonds is 6. The van der Waals surface area contributed by atoms with Crippen LogP contribution in [0.1, 0.15) is 37.2 Å². The lowest BCUT2D eigenvalue weighted by Crippen LogP contribution is -2.40. The molecule has 17 heavy (non-hydrogen) atoms. The van der Waals surface area contributed by atoms with Crippen LogP contribution in [0.15, 0.2) is 24.3 Å². The smallest absolute Gasteiger partial charge is 0.126 e. The van der Waals surface area contributed by atoms with Crippen LogP contribution < -0.4 is 5.32 Å². The van der Waals surface area contributed by atoms with E-state index in [1.807, 2.05) is 12.1 Å². The Morgan fingerprint density at radius 3 is 2.71 bits per heavy atom. The Bertz CT molecular complexity index is 350. The molecule has 2 rings (SSSR count). The highest BCUT2D eigenvalue weighted by atomic mass is 19.1. The van der Waals surface area contributed by atoms with Crippen LogP contribution in [-0.4, -0.2) is 24.3 Å². The molecular formula is C14H20FNO. The minimum Gasteiger partial charge on any atom is -0.396 e. The van der Waals surface area contributed by atoms with Gasteiger partial charge in [-0.3, -0.25) is 0 Å². The maximum absolute atomic E-state index is 13.5. The third kappa shape index (κ3) is 3.27. The molecule has 0 unspecified atom stereocenters. The van der Waals surface area contributed by atoms with Gasteiger partial charge in [0.1, 0.15) is 5.82 Å². The van der Waals surface area contributed by atoms with Crippen molar-refractivity contribution in [1.82, 2.24) is 5.32 Å². The lowest BCUT2D eigenvalue weighted by atomic mass is 9.75. The number of unbranched alkanes of at least 4 members (excludes halogenated alkanes) is 1. The van der Waals surface area contributed by atoms with Gasteiger partial charge in [0, 0.05) is 12.6 Å². The summed E-state index contributed by atoms with van der Waals surface area (Å²) in [6, 6.07) is 7.60. The van der Waals surface area contributed by atoms with E-state index in [2.05, 4.69) is 5.32 Å². The molecule has 0 saturated heterocycles. The normalized spacial score (nSPS) is 23.4. The van der Waals surface area contributed by atoms with Crippen LogP contribution in [0, 0.1) is 5.82 Å². The highest BCUT2D eigenvalue weighted by Crippen LogP contribution is 2.37. The molecule has 0 aliphatic heterocycles. The summed E-state index contributed by atoms with van der Waals surface area (Å²) in [5, 5.41) is 12.1. The van der Waals surface area contributed by atoms with Crippen molar-refractivity contribution in [1.29, 1.82) is 0 Å². The third-order valence-corrected chi connectivity index (χ3v) is 3.50. The molecule has 0 bridgehead atoms. The summed E-state index contributed by atoms with van der Waals surface area (Å²) in [4.78, 5) is 0. The fourth-order valence-electron chi connectivity index (χ4n) is 2.39. The van der Waals surface area contributed by atoms with E-state index in [9.17, 15) is 4.39 Å². The van der Waals surface area contributed by atoms with Crippen LogP contribution >= 0.6 is 0 Å². The van der Waals surface area contributed by atoms with Gasteiger partial charge in [0.05, 0.1) is 0 Å². The van der Waals surface area contributed by atoms with Crippen LogP contribution in [0.4, 0.5) is 4.39 Å². The number of hydrogen-bond acceptors (Lipinski definition) is 2. The third-order valence-electron chi connectivity index (χ3n) is 3.50. The van der Waals surface area contributed by atoms with E-state index in [-0.39, 0.29) is 12.4 Å². The van der Waals surface area contributed by atoms with Gasteiger partial charge < -0.3 is 10.4 Å². The Morgan fingerprint density at radius 1 is 1.24 bits per heavy atom. The van der Waals surface area contributed by atoms with E-state index in [4.69, 9.17) is 5.11 Å². The zero-order chi connectivity index (χ0) is 12.1. The molecule has 1 aliphatic rings. The molecule has 1 aliphatic carbocycles. The summed E-state index contributed by atoms with van der Waals surface area (Å²) in [5.41, 5.74) is 0.862. The number of halogens is 1. The van der Waals surface area contributed by atoms with Crippen LogP contribution in [-0.2, 0) is 0 Å². The van der Waals surface area contributed by atoms with Crippen molar-refractivity contribution >= 4 is 0 Å². The highest BCUT2D eigenvalue weighted by Gasteiger charge is 2.31. The Kier molecular flexibility index (Phi) is 4.51. The zero-order valence-corrected chi connectivity index (χ0v) is 10.0. The van der Waals surface area contributed by atoms with Crippen molar-refractivity contribution in [3.05, 3.63) is 35.6 Å². The minimum atomic E-state index is -0.0729. The van der Waals surface area contributed by atoms with Crippen LogP contribution in [0.5, 0.6) is 0 Å². The standard InChI is InChI=1S/C14H20FNO/c15-14-6-2-1-5-13(14)11-9-12(10-11)16-7-3-4-8-17/h1-2,5-6,11-12,16-17H,3-4,7-10H2. The fourth-order valence-corrected chi connectivity index (χ4v) is 2.39. The zero-order valence-electron chi connectivity index (χ0n) is 10.0. The lowest BCUT2D eigenvalue weighted by Gasteiger charge is -2.36. The number of aliphatic hydroxyl groups is 1. The first kappa shape index (κ1) is 12.5. The van der Waals surface area contributed by atoms with E-state index < -0.39 is 0 Å². The van der Waals surface area contributed by atoms with Gasteiger partial charge in [-0.1, -0.05) is 18.2 Å². The first-order chi connectivity index (χ1) is 8.31. The molecule has 0 amide bonds. The van der Waals surface area contributed by atoms with Crippen LogP contribution in [0.2, 0.25) is 0 Å². The van der Waals surface area contributed by atoms with Gasteiger partial charge >= 0.3 is 0 Å². The van der Waals surface area contributed by atoms with Crippen molar-refractivity contribution in [3.8, 4) is 0 Å². The van der Waals surface area contributed by atoms with Gasteiger partial charge in [-0.2, -0.15) is 0 Å². The quantitative estimate of drug-likeness (QED) is 0.745. The van der Waals surface area contributed by atoms with Gasteiger partial charge in [0.25, 0.3) is 0 Å². The fraction of sp³-hybridized carbons (Fsp3) is 0.571. The topological polar surface area (TPSA) is 32.3 Å². The van der Waals surface area contributed by atoms with E-state index in [0.717, 1.165) is 37.8 Å². The average Bonchev–Trinajstić information content (AvgIpc) is 2.28. The molecule has 0 atom stereocenters. The second kappa shape index (κ2) is 6.12. The molecule has 1 aromatic rings. The van der Waals surface area contributed by atoms with Crippen LogP contribution in [0.25, 0.3) is 0 Å². The van der Waals surface area contributed by atoms with Gasteiger partial charge in [-0.15, -0.1) is 0 Å². The van der Waals surface area contributed by atoms with E-state index in [1.54, 1.807) is 6.07 Å². The van der Waals surface area contributed by atoms with Crippen LogP contribution in [0.3, 0.4) is 0 Å². The van der Waals surface area contributed by atoms with E-state index >= 15 is 0 Å². The Labute approximate surface area is 102 Å². The monoisotopic (exact) mass is 237 g/mol. The second-order valence-corrected chi connectivity index (χ2v) is 4.77. The molecule has 3 heteroatoms. The van der Waals surface area contributed by atoms with Crippen molar-refractivity contribution in [3.63, 3.8) is 0 Å². The number of aliphatic hydroxyl groups excluding tert-OH is 1. The van der Waals surface area contributed by atoms with Gasteiger partial charge in [0.2, 0.25) is 0 Å². The minimum absolute atomic E-state index is 0.0729. The van der Waals surface area contributed by atoms with Crippen molar-refractivity contribution in [2.24, 2.45) is 0 Å². The SMILES string of the molecule is OCCCCNC1CC(c2ccccc2F)C1. The highest BCUT2D eigenvalue weighted by molar-refractivity contribution is 5.24. The summed E-state index contributed by atoms with van der Waals surface area (Å²) in [7, 11) is 0. The van der Waals surface area contributed by atoms with Crippen molar-refractivity contribution in [2.75, 3.05) is 13.2 Å². The molecule has 0 heterocycles. The summed E-state index contributed by atoms with van der Waals surface area (Å²) >= 11 is 0. The Balaban J connectivity index is 1.70. The molecule has 0 spiro atoms. The summed E-state index contributed by atoms with van der Waals surface area (Å²) in [6.07, 6.45) is 3.92. The number of hydrogen-bond donors (Lipinski definition) is 2. The molecule has 1 aromatic carbocycles. The molecule has 1 saturated carbocycles. The Hall–Kier alpha value is -0.930. The summed E-state index contributed by atoms with van der Waals surface area (Å²) in [5.74, 6) is 0.308. The first-order valence-electron chi connectivity index (χ1n) is 6.40. The molecule has 2 nitrogen and oxygen atoms in total. The van der Waals surface area contributed by atoms with Gasteiger partial charge in [-0.05, 0) is 49.8 Å². The molecule has 0 radical (unpaired) electrons. The lowest BCUT2D eigenvalue weighted by molar-refractivity contribution is 0.265. The van der Waals surface area contributed by atoms with Gasteiger partial charge in [0.15, 0.2) is 0 Å². The number of nitrogens with one attached hydrogen (secondary N) is 1. The number of benzene rings is 1. The molecular weight excluding hydrogens is 217 g/mol. The predicted octanol–water partition coefficient (Wildman–Crippen LogP) is 2.43. The molecule has 2 N–H and O–H groups in total. The first-order valence-corrected chi connectivity index (χ1v) is 6.40. The average molecular weight is 237 g/mol. The van der Waals surface area contributed by atoms with Crippen molar-refractivity contribution < 1.29 is 9.50 Å². The van der Waals surface area contributed by atoms with E-state index in [0.29, 0.717) is 12.0 Å². The van der Waals surface area contributed by atoms with Gasteiger partial charge in [-0.25, -0.2) is 4.39 Å². The molecule has 94 valence electrons. The Morgan fingerprint density at radius 2 is 2.00 bits per heavy atom. The molecule has 0 aromatic heterocycles. The summed E-state index contributed by atoms with van der Waals surface area (Å²) < 4.78 is 13.5. The predicted molar refractivity (Wildman–Crippen MR) is 66.5 cm³/mol. The second-order valence-electron chi connectivity index (χ2n) is 4.77. The molecule has 1 fully saturated rings. The summed E-state index contributed by atoms with van der Waals surface area (Å²) in [6.45, 7) is 1.22. The van der Waals surface area contributed by atoms with Crippen molar-refractivity contribution in [2.45, 2.75) is 37.6 Å². The maximum Gasteiger partial charge on any atom is 0.126 e. The largest absolute Gasteiger partial charge is 0.396 e.